The topological polar surface area (TPSA) is 93.0 Å². The van der Waals surface area contributed by atoms with Crippen LogP contribution in [0.15, 0.2) is 0 Å². The van der Waals surface area contributed by atoms with E-state index in [4.69, 9.17) is 0 Å². The number of hydrogen-bond acceptors (Lipinski definition) is 6. The van der Waals surface area contributed by atoms with E-state index in [1.165, 1.54) is 0 Å². The average Bonchev–Trinajstić information content (AvgIpc) is 2.32. The molecule has 1 aromatic heterocycles. The SMILES string of the molecule is CCCNc1nc(C)c([N+](=O)[O-])c(NCCC)n1. The largest absolute Gasteiger partial charge is 0.364 e. The number of anilines is 2. The summed E-state index contributed by atoms with van der Waals surface area (Å²) in [6, 6.07) is 0. The van der Waals surface area contributed by atoms with Crippen LogP contribution in [0.5, 0.6) is 0 Å². The van der Waals surface area contributed by atoms with Gasteiger partial charge in [0.15, 0.2) is 0 Å². The van der Waals surface area contributed by atoms with E-state index in [0.29, 0.717) is 18.2 Å². The van der Waals surface area contributed by atoms with Crippen LogP contribution in [0.3, 0.4) is 0 Å². The lowest BCUT2D eigenvalue weighted by Gasteiger charge is -2.09. The van der Waals surface area contributed by atoms with Crippen LogP contribution in [0.4, 0.5) is 17.5 Å². The van der Waals surface area contributed by atoms with Gasteiger partial charge in [-0.2, -0.15) is 4.98 Å². The standard InChI is InChI=1S/C11H19N5O2/c1-4-6-12-10-9(16(17)18)8(3)14-11(15-10)13-7-5-2/h4-7H2,1-3H3,(H2,12,13,14,15). The molecular weight excluding hydrogens is 234 g/mol. The van der Waals surface area contributed by atoms with Crippen molar-refractivity contribution < 1.29 is 4.92 Å². The van der Waals surface area contributed by atoms with Crippen molar-refractivity contribution in [3.63, 3.8) is 0 Å². The summed E-state index contributed by atoms with van der Waals surface area (Å²) in [6.45, 7) is 7.02. The Balaban J connectivity index is 3.06. The third kappa shape index (κ3) is 3.54. The maximum absolute atomic E-state index is 11.0. The van der Waals surface area contributed by atoms with Crippen LogP contribution in [0.1, 0.15) is 32.4 Å². The van der Waals surface area contributed by atoms with Crippen LogP contribution in [0.25, 0.3) is 0 Å². The normalized spacial score (nSPS) is 10.2. The second-order valence-electron chi connectivity index (χ2n) is 3.94. The van der Waals surface area contributed by atoms with Gasteiger partial charge in [0.05, 0.1) is 4.92 Å². The smallest absolute Gasteiger partial charge is 0.332 e. The predicted octanol–water partition coefficient (Wildman–Crippen LogP) is 2.34. The minimum absolute atomic E-state index is 0.0505. The molecule has 18 heavy (non-hydrogen) atoms. The first-order valence-corrected chi connectivity index (χ1v) is 6.10. The van der Waals surface area contributed by atoms with E-state index in [2.05, 4.69) is 20.6 Å². The minimum Gasteiger partial charge on any atom is -0.364 e. The van der Waals surface area contributed by atoms with E-state index in [-0.39, 0.29) is 11.5 Å². The number of nitrogens with zero attached hydrogens (tertiary/aromatic N) is 3. The fraction of sp³-hybridized carbons (Fsp3) is 0.636. The van der Waals surface area contributed by atoms with Gasteiger partial charge >= 0.3 is 5.69 Å². The summed E-state index contributed by atoms with van der Waals surface area (Å²) in [5, 5.41) is 17.0. The van der Waals surface area contributed by atoms with Gasteiger partial charge in [-0.05, 0) is 19.8 Å². The quantitative estimate of drug-likeness (QED) is 0.572. The summed E-state index contributed by atoms with van der Waals surface area (Å²) in [6.07, 6.45) is 1.81. The summed E-state index contributed by atoms with van der Waals surface area (Å²) in [7, 11) is 0. The summed E-state index contributed by atoms with van der Waals surface area (Å²) in [5.74, 6) is 0.714. The van der Waals surface area contributed by atoms with Crippen LogP contribution in [0.2, 0.25) is 0 Å². The molecule has 0 spiro atoms. The maximum atomic E-state index is 11.0. The highest BCUT2D eigenvalue weighted by atomic mass is 16.6. The molecule has 1 aromatic rings. The molecule has 0 atom stereocenters. The second kappa shape index (κ2) is 6.73. The van der Waals surface area contributed by atoms with Crippen molar-refractivity contribution in [2.45, 2.75) is 33.6 Å². The molecular formula is C11H19N5O2. The van der Waals surface area contributed by atoms with Gasteiger partial charge in [0.1, 0.15) is 5.69 Å². The summed E-state index contributed by atoms with van der Waals surface area (Å²) < 4.78 is 0. The number of nitro groups is 1. The van der Waals surface area contributed by atoms with Gasteiger partial charge in [0, 0.05) is 13.1 Å². The van der Waals surface area contributed by atoms with Gasteiger partial charge in [-0.1, -0.05) is 13.8 Å². The molecule has 1 heterocycles. The van der Waals surface area contributed by atoms with Crippen molar-refractivity contribution >= 4 is 17.5 Å². The first-order chi connectivity index (χ1) is 8.60. The maximum Gasteiger partial charge on any atom is 0.332 e. The molecule has 100 valence electrons. The second-order valence-corrected chi connectivity index (χ2v) is 3.94. The third-order valence-electron chi connectivity index (χ3n) is 2.32. The summed E-state index contributed by atoms with van der Waals surface area (Å²) in [5.41, 5.74) is 0.317. The lowest BCUT2D eigenvalue weighted by atomic mass is 10.3. The molecule has 0 fully saturated rings. The van der Waals surface area contributed by atoms with E-state index in [9.17, 15) is 10.1 Å². The highest BCUT2D eigenvalue weighted by Gasteiger charge is 2.21. The molecule has 0 radical (unpaired) electrons. The zero-order valence-corrected chi connectivity index (χ0v) is 11.0. The Labute approximate surface area is 106 Å². The Morgan fingerprint density at radius 3 is 2.33 bits per heavy atom. The zero-order valence-electron chi connectivity index (χ0n) is 11.0. The monoisotopic (exact) mass is 253 g/mol. The Morgan fingerprint density at radius 2 is 1.78 bits per heavy atom. The van der Waals surface area contributed by atoms with Crippen LogP contribution in [-0.4, -0.2) is 28.0 Å². The number of hydrogen-bond donors (Lipinski definition) is 2. The van der Waals surface area contributed by atoms with E-state index in [1.54, 1.807) is 6.92 Å². The van der Waals surface area contributed by atoms with E-state index >= 15 is 0 Å². The van der Waals surface area contributed by atoms with E-state index < -0.39 is 4.92 Å². The zero-order chi connectivity index (χ0) is 13.5. The van der Waals surface area contributed by atoms with Gasteiger partial charge in [-0.3, -0.25) is 10.1 Å². The van der Waals surface area contributed by atoms with Crippen molar-refractivity contribution in [2.24, 2.45) is 0 Å². The van der Waals surface area contributed by atoms with Crippen molar-refractivity contribution in [1.29, 1.82) is 0 Å². The molecule has 7 nitrogen and oxygen atoms in total. The minimum atomic E-state index is -0.447. The predicted molar refractivity (Wildman–Crippen MR) is 71.0 cm³/mol. The fourth-order valence-electron chi connectivity index (χ4n) is 1.47. The van der Waals surface area contributed by atoms with Crippen LogP contribution < -0.4 is 10.6 Å². The lowest BCUT2D eigenvalue weighted by molar-refractivity contribution is -0.385. The Kier molecular flexibility index (Phi) is 5.29. The van der Waals surface area contributed by atoms with Gasteiger partial charge < -0.3 is 10.6 Å². The third-order valence-corrected chi connectivity index (χ3v) is 2.32. The van der Waals surface area contributed by atoms with E-state index in [0.717, 1.165) is 19.4 Å². The molecule has 0 saturated heterocycles. The molecule has 1 rings (SSSR count). The summed E-state index contributed by atoms with van der Waals surface area (Å²) in [4.78, 5) is 18.8. The van der Waals surface area contributed by atoms with Crippen molar-refractivity contribution in [2.75, 3.05) is 23.7 Å². The molecule has 0 bridgehead atoms. The molecule has 7 heteroatoms. The lowest BCUT2D eigenvalue weighted by Crippen LogP contribution is -2.12. The van der Waals surface area contributed by atoms with Gasteiger partial charge in [0.2, 0.25) is 11.8 Å². The molecule has 0 amide bonds. The van der Waals surface area contributed by atoms with Crippen molar-refractivity contribution in [3.05, 3.63) is 15.8 Å². The molecule has 0 aromatic carbocycles. The molecule has 0 unspecified atom stereocenters. The highest BCUT2D eigenvalue weighted by molar-refractivity contribution is 5.60. The molecule has 0 aliphatic rings. The first kappa shape index (κ1) is 14.1. The highest BCUT2D eigenvalue weighted by Crippen LogP contribution is 2.26. The van der Waals surface area contributed by atoms with Crippen LogP contribution in [0, 0.1) is 17.0 Å². The van der Waals surface area contributed by atoms with Gasteiger partial charge in [0.25, 0.3) is 0 Å². The van der Waals surface area contributed by atoms with Crippen LogP contribution in [-0.2, 0) is 0 Å². The van der Waals surface area contributed by atoms with Crippen molar-refractivity contribution in [1.82, 2.24) is 9.97 Å². The Hall–Kier alpha value is -1.92. The van der Waals surface area contributed by atoms with Crippen LogP contribution >= 0.6 is 0 Å². The number of aryl methyl sites for hydroxylation is 1. The Morgan fingerprint density at radius 1 is 1.17 bits per heavy atom. The Bertz CT molecular complexity index is 422. The molecule has 0 aliphatic heterocycles. The summed E-state index contributed by atoms with van der Waals surface area (Å²) >= 11 is 0. The van der Waals surface area contributed by atoms with Gasteiger partial charge in [-0.15, -0.1) is 0 Å². The molecule has 2 N–H and O–H groups in total. The molecule has 0 aliphatic carbocycles. The number of nitrogens with one attached hydrogen (secondary N) is 2. The average molecular weight is 253 g/mol. The number of aromatic nitrogens is 2. The molecule has 0 saturated carbocycles. The van der Waals surface area contributed by atoms with Crippen molar-refractivity contribution in [3.8, 4) is 0 Å². The first-order valence-electron chi connectivity index (χ1n) is 6.10. The van der Waals surface area contributed by atoms with E-state index in [1.807, 2.05) is 13.8 Å². The number of rotatable bonds is 7. The van der Waals surface area contributed by atoms with Gasteiger partial charge in [-0.25, -0.2) is 4.98 Å². The fourth-order valence-corrected chi connectivity index (χ4v) is 1.47.